The third-order valence-electron chi connectivity index (χ3n) is 6.85. The number of hydrogen-bond donors (Lipinski definition) is 0. The molecule has 0 aromatic carbocycles. The number of amides is 1. The fourth-order valence-electron chi connectivity index (χ4n) is 5.16. The van der Waals surface area contributed by atoms with Gasteiger partial charge in [-0.2, -0.15) is 4.98 Å². The van der Waals surface area contributed by atoms with E-state index in [1.54, 1.807) is 19.4 Å². The summed E-state index contributed by atoms with van der Waals surface area (Å²) in [4.78, 5) is 26.8. The zero-order valence-corrected chi connectivity index (χ0v) is 17.6. The van der Waals surface area contributed by atoms with Crippen molar-refractivity contribution in [2.24, 2.45) is 11.8 Å². The largest absolute Gasteiger partial charge is 0.481 e. The van der Waals surface area contributed by atoms with Crippen molar-refractivity contribution in [1.29, 1.82) is 0 Å². The topological polar surface area (TPSA) is 67.8 Å². The van der Waals surface area contributed by atoms with Crippen LogP contribution in [0.1, 0.15) is 51.4 Å². The molecule has 3 saturated heterocycles. The Balaban J connectivity index is 1.41. The first-order valence-corrected chi connectivity index (χ1v) is 11.3. The Morgan fingerprint density at radius 3 is 2.62 bits per heavy atom. The minimum atomic E-state index is 0.162. The maximum Gasteiger partial charge on any atom is 0.228 e. The van der Waals surface area contributed by atoms with Crippen molar-refractivity contribution in [3.8, 4) is 5.88 Å². The van der Waals surface area contributed by atoms with Crippen molar-refractivity contribution in [2.45, 2.75) is 57.4 Å². The van der Waals surface area contributed by atoms with Crippen LogP contribution < -0.4 is 9.64 Å². The number of carbonyl (C=O) groups excluding carboxylic acids is 1. The van der Waals surface area contributed by atoms with Gasteiger partial charge in [0, 0.05) is 57.1 Å². The Morgan fingerprint density at radius 2 is 1.86 bits per heavy atom. The number of hydrogen-bond acceptors (Lipinski definition) is 6. The Labute approximate surface area is 173 Å². The van der Waals surface area contributed by atoms with Gasteiger partial charge in [0.25, 0.3) is 0 Å². The molecule has 7 nitrogen and oxygen atoms in total. The van der Waals surface area contributed by atoms with E-state index < -0.39 is 0 Å². The van der Waals surface area contributed by atoms with E-state index in [0.717, 1.165) is 77.3 Å². The van der Waals surface area contributed by atoms with E-state index in [1.807, 2.05) is 0 Å². The fraction of sp³-hybridized carbons (Fsp3) is 0.773. The Morgan fingerprint density at radius 1 is 1.07 bits per heavy atom. The highest BCUT2D eigenvalue weighted by molar-refractivity contribution is 5.79. The van der Waals surface area contributed by atoms with Crippen molar-refractivity contribution in [2.75, 3.05) is 44.9 Å². The van der Waals surface area contributed by atoms with E-state index in [-0.39, 0.29) is 5.92 Å². The van der Waals surface area contributed by atoms with E-state index in [2.05, 4.69) is 19.8 Å². The predicted octanol–water partition coefficient (Wildman–Crippen LogP) is 2.90. The first-order chi connectivity index (χ1) is 14.3. The predicted molar refractivity (Wildman–Crippen MR) is 111 cm³/mol. The van der Waals surface area contributed by atoms with Crippen molar-refractivity contribution in [1.82, 2.24) is 14.9 Å². The highest BCUT2D eigenvalue weighted by Crippen LogP contribution is 2.33. The van der Waals surface area contributed by atoms with Gasteiger partial charge in [-0.15, -0.1) is 0 Å². The minimum absolute atomic E-state index is 0.162. The van der Waals surface area contributed by atoms with Crippen LogP contribution in [0.15, 0.2) is 12.3 Å². The number of piperidine rings is 1. The molecule has 3 fully saturated rings. The third kappa shape index (κ3) is 4.82. The summed E-state index contributed by atoms with van der Waals surface area (Å²) in [6, 6.07) is 2.17. The summed E-state index contributed by atoms with van der Waals surface area (Å²) >= 11 is 0. The van der Waals surface area contributed by atoms with Gasteiger partial charge >= 0.3 is 0 Å². The van der Waals surface area contributed by atoms with Gasteiger partial charge in [-0.3, -0.25) is 4.79 Å². The van der Waals surface area contributed by atoms with Gasteiger partial charge in [-0.05, 0) is 44.4 Å². The molecule has 0 N–H and O–H groups in total. The molecule has 7 heteroatoms. The summed E-state index contributed by atoms with van der Waals surface area (Å²) in [6.07, 6.45) is 10.5. The van der Waals surface area contributed by atoms with Crippen LogP contribution in [0.3, 0.4) is 0 Å². The lowest BCUT2D eigenvalue weighted by Crippen LogP contribution is -2.50. The summed E-state index contributed by atoms with van der Waals surface area (Å²) in [7, 11) is 1.63. The Hall–Kier alpha value is -1.89. The quantitative estimate of drug-likeness (QED) is 0.771. The average molecular weight is 403 g/mol. The van der Waals surface area contributed by atoms with Gasteiger partial charge < -0.3 is 19.3 Å². The lowest BCUT2D eigenvalue weighted by molar-refractivity contribution is -0.142. The van der Waals surface area contributed by atoms with Crippen molar-refractivity contribution in [3.05, 3.63) is 12.3 Å². The molecule has 1 aromatic rings. The molecule has 0 saturated carbocycles. The van der Waals surface area contributed by atoms with E-state index in [4.69, 9.17) is 9.47 Å². The maximum atomic E-state index is 13.3. The second-order valence-electron chi connectivity index (χ2n) is 8.56. The first-order valence-electron chi connectivity index (χ1n) is 11.3. The first kappa shape index (κ1) is 20.4. The number of methoxy groups -OCH3 is 1. The van der Waals surface area contributed by atoms with Crippen LogP contribution >= 0.6 is 0 Å². The van der Waals surface area contributed by atoms with Gasteiger partial charge in [0.05, 0.1) is 7.11 Å². The number of rotatable bonds is 4. The number of aromatic nitrogens is 2. The third-order valence-corrected chi connectivity index (χ3v) is 6.85. The molecule has 0 radical (unpaired) electrons. The number of ether oxygens (including phenoxy) is 2. The van der Waals surface area contributed by atoms with Gasteiger partial charge in [-0.25, -0.2) is 4.98 Å². The number of anilines is 1. The van der Waals surface area contributed by atoms with Crippen molar-refractivity contribution >= 4 is 11.9 Å². The normalized spacial score (nSPS) is 24.9. The summed E-state index contributed by atoms with van der Waals surface area (Å²) in [6.45, 7) is 4.27. The summed E-state index contributed by atoms with van der Waals surface area (Å²) in [5.41, 5.74) is 0. The highest BCUT2D eigenvalue weighted by atomic mass is 16.5. The number of carbonyl (C=O) groups is 1. The zero-order valence-electron chi connectivity index (χ0n) is 17.6. The van der Waals surface area contributed by atoms with Crippen molar-refractivity contribution < 1.29 is 14.3 Å². The molecule has 29 heavy (non-hydrogen) atoms. The summed E-state index contributed by atoms with van der Waals surface area (Å²) < 4.78 is 10.7. The van der Waals surface area contributed by atoms with E-state index >= 15 is 0 Å². The Bertz CT molecular complexity index is 672. The molecule has 4 heterocycles. The molecule has 3 aliphatic heterocycles. The Kier molecular flexibility index (Phi) is 6.85. The van der Waals surface area contributed by atoms with Crippen LogP contribution in [0, 0.1) is 11.8 Å². The monoisotopic (exact) mass is 402 g/mol. The highest BCUT2D eigenvalue weighted by Gasteiger charge is 2.37. The molecule has 0 aliphatic carbocycles. The lowest BCUT2D eigenvalue weighted by Gasteiger charge is -2.42. The smallest absolute Gasteiger partial charge is 0.228 e. The molecule has 1 aromatic heterocycles. The van der Waals surface area contributed by atoms with Gasteiger partial charge in [0.2, 0.25) is 17.7 Å². The number of nitrogens with zero attached hydrogens (tertiary/aromatic N) is 4. The van der Waals surface area contributed by atoms with E-state index in [1.165, 1.54) is 12.8 Å². The van der Waals surface area contributed by atoms with Crippen LogP contribution in [-0.4, -0.2) is 66.8 Å². The van der Waals surface area contributed by atoms with Crippen LogP contribution in [0.2, 0.25) is 0 Å². The lowest BCUT2D eigenvalue weighted by atomic mass is 9.85. The molecule has 0 unspecified atom stereocenters. The van der Waals surface area contributed by atoms with E-state index in [0.29, 0.717) is 23.7 Å². The van der Waals surface area contributed by atoms with Gasteiger partial charge in [0.1, 0.15) is 0 Å². The minimum Gasteiger partial charge on any atom is -0.481 e. The summed E-state index contributed by atoms with van der Waals surface area (Å²) in [5.74, 6) is 2.47. The van der Waals surface area contributed by atoms with Gasteiger partial charge in [0.15, 0.2) is 0 Å². The standard InChI is InChI=1S/C22H34N4O3/c1-28-20-6-11-23-22(24-20)25-13-7-17(8-14-25)19-5-3-2-4-12-26(19)21(27)18-9-15-29-16-10-18/h6,11,17-19H,2-5,7-10,12-16H2,1H3/t19-/m1/s1. The van der Waals surface area contributed by atoms with Crippen LogP contribution in [0.4, 0.5) is 5.95 Å². The number of likely N-dealkylation sites (tertiary alicyclic amines) is 1. The van der Waals surface area contributed by atoms with Crippen molar-refractivity contribution in [3.63, 3.8) is 0 Å². The molecule has 0 spiro atoms. The molecule has 3 aliphatic rings. The van der Waals surface area contributed by atoms with Gasteiger partial charge in [-0.1, -0.05) is 12.8 Å². The molecule has 1 atom stereocenters. The second-order valence-corrected chi connectivity index (χ2v) is 8.56. The maximum absolute atomic E-state index is 13.3. The molecule has 4 rings (SSSR count). The zero-order chi connectivity index (χ0) is 20.1. The molecular formula is C22H34N4O3. The molecule has 160 valence electrons. The summed E-state index contributed by atoms with van der Waals surface area (Å²) in [5, 5.41) is 0. The van der Waals surface area contributed by atoms with E-state index in [9.17, 15) is 4.79 Å². The fourth-order valence-corrected chi connectivity index (χ4v) is 5.16. The molecule has 1 amide bonds. The van der Waals surface area contributed by atoms with Crippen LogP contribution in [0.25, 0.3) is 0 Å². The molecular weight excluding hydrogens is 368 g/mol. The van der Waals surface area contributed by atoms with Crippen LogP contribution in [0.5, 0.6) is 5.88 Å². The molecule has 0 bridgehead atoms. The SMILES string of the molecule is COc1ccnc(N2CCC([C@H]3CCCCCN3C(=O)C3CCOCC3)CC2)n1. The second kappa shape index (κ2) is 9.74. The average Bonchev–Trinajstić information content (AvgIpc) is 3.05. The van der Waals surface area contributed by atoms with Crippen LogP contribution in [-0.2, 0) is 9.53 Å².